The first-order valence-electron chi connectivity index (χ1n) is 9.45. The lowest BCUT2D eigenvalue weighted by Gasteiger charge is -2.23. The summed E-state index contributed by atoms with van der Waals surface area (Å²) in [6.07, 6.45) is 0. The molecule has 2 aromatic carbocycles. The number of ether oxygens (including phenoxy) is 1. The van der Waals surface area contributed by atoms with Gasteiger partial charge in [-0.1, -0.05) is 6.07 Å². The molecule has 0 saturated heterocycles. The molecule has 0 saturated carbocycles. The predicted octanol–water partition coefficient (Wildman–Crippen LogP) is 3.41. The van der Waals surface area contributed by atoms with Gasteiger partial charge in [0.1, 0.15) is 29.2 Å². The minimum absolute atomic E-state index is 0.263. The average molecular weight is 392 g/mol. The molecule has 0 fully saturated rings. The molecule has 0 radical (unpaired) electrons. The number of nitrogens with zero attached hydrogens (tertiary/aromatic N) is 5. The summed E-state index contributed by atoms with van der Waals surface area (Å²) in [5.41, 5.74) is 3.90. The van der Waals surface area contributed by atoms with Crippen LogP contribution < -0.4 is 4.74 Å². The van der Waals surface area contributed by atoms with Crippen LogP contribution in [0, 0.1) is 22.7 Å². The molecule has 0 amide bonds. The van der Waals surface area contributed by atoms with E-state index in [9.17, 15) is 10.5 Å². The molecule has 0 aliphatic heterocycles. The smallest absolute Gasteiger partial charge is 0.146 e. The molecule has 0 aliphatic carbocycles. The van der Waals surface area contributed by atoms with Crippen LogP contribution in [0.15, 0.2) is 30.3 Å². The Bertz CT molecular complexity index is 904. The highest BCUT2D eigenvalue weighted by Crippen LogP contribution is 2.35. The van der Waals surface area contributed by atoms with Crippen LogP contribution in [0.1, 0.15) is 27.8 Å². The van der Waals surface area contributed by atoms with Crippen molar-refractivity contribution in [3.8, 4) is 23.6 Å². The van der Waals surface area contributed by atoms with Crippen LogP contribution in [-0.2, 0) is 19.6 Å². The van der Waals surface area contributed by atoms with E-state index in [0.29, 0.717) is 24.4 Å². The van der Waals surface area contributed by atoms with E-state index in [2.05, 4.69) is 39.0 Å². The fourth-order valence-electron chi connectivity index (χ4n) is 3.27. The second kappa shape index (κ2) is 10.0. The molecule has 2 aromatic rings. The van der Waals surface area contributed by atoms with Gasteiger partial charge in [-0.05, 0) is 72.1 Å². The molecular formula is C23H29N5O. The highest BCUT2D eigenvalue weighted by Gasteiger charge is 2.18. The standard InChI is InChI=1S/C23H29N5O/c1-26(2)14-17-10-19(15-27(3)4)23(20(11-17)16-28(5)6)29-22-9-7-8-18(12-24)21(22)13-25/h7-11H,14-16H2,1-6H3. The highest BCUT2D eigenvalue weighted by molar-refractivity contribution is 5.56. The lowest BCUT2D eigenvalue weighted by Crippen LogP contribution is -2.17. The number of rotatable bonds is 8. The maximum atomic E-state index is 9.58. The summed E-state index contributed by atoms with van der Waals surface area (Å²) in [6.45, 7) is 2.24. The SMILES string of the molecule is CN(C)Cc1cc(CN(C)C)c(Oc2cccc(C#N)c2C#N)c(CN(C)C)c1. The van der Waals surface area contributed by atoms with Crippen molar-refractivity contribution in [2.24, 2.45) is 0 Å². The normalized spacial score (nSPS) is 11.0. The molecule has 0 atom stereocenters. The van der Waals surface area contributed by atoms with E-state index in [1.54, 1.807) is 18.2 Å². The summed E-state index contributed by atoms with van der Waals surface area (Å²) in [7, 11) is 12.2. The molecule has 0 spiro atoms. The zero-order valence-corrected chi connectivity index (χ0v) is 18.2. The van der Waals surface area contributed by atoms with Crippen LogP contribution in [0.5, 0.6) is 11.5 Å². The van der Waals surface area contributed by atoms with Crippen molar-refractivity contribution in [1.29, 1.82) is 10.5 Å². The van der Waals surface area contributed by atoms with Gasteiger partial charge in [-0.25, -0.2) is 0 Å². The molecule has 0 aliphatic rings. The summed E-state index contributed by atoms with van der Waals surface area (Å²) in [5.74, 6) is 1.16. The summed E-state index contributed by atoms with van der Waals surface area (Å²) in [4.78, 5) is 6.33. The number of hydrogen-bond donors (Lipinski definition) is 0. The summed E-state index contributed by atoms with van der Waals surface area (Å²) < 4.78 is 6.33. The van der Waals surface area contributed by atoms with Crippen LogP contribution in [0.2, 0.25) is 0 Å². The van der Waals surface area contributed by atoms with E-state index in [0.717, 1.165) is 23.4 Å². The van der Waals surface area contributed by atoms with Crippen molar-refractivity contribution >= 4 is 0 Å². The van der Waals surface area contributed by atoms with Crippen molar-refractivity contribution in [1.82, 2.24) is 14.7 Å². The van der Waals surface area contributed by atoms with Gasteiger partial charge in [-0.3, -0.25) is 0 Å². The molecule has 6 heteroatoms. The second-order valence-electron chi connectivity index (χ2n) is 7.96. The molecule has 29 heavy (non-hydrogen) atoms. The third-order valence-corrected chi connectivity index (χ3v) is 4.25. The molecule has 2 rings (SSSR count). The zero-order chi connectivity index (χ0) is 21.6. The van der Waals surface area contributed by atoms with Crippen LogP contribution >= 0.6 is 0 Å². The first kappa shape index (κ1) is 22.4. The monoisotopic (exact) mass is 391 g/mol. The van der Waals surface area contributed by atoms with Crippen molar-refractivity contribution in [2.75, 3.05) is 42.3 Å². The largest absolute Gasteiger partial charge is 0.455 e. The van der Waals surface area contributed by atoms with Gasteiger partial charge in [0.25, 0.3) is 0 Å². The van der Waals surface area contributed by atoms with Gasteiger partial charge in [-0.15, -0.1) is 0 Å². The van der Waals surface area contributed by atoms with E-state index >= 15 is 0 Å². The Kier molecular flexibility index (Phi) is 7.75. The quantitative estimate of drug-likeness (QED) is 0.687. The van der Waals surface area contributed by atoms with Crippen LogP contribution in [0.4, 0.5) is 0 Å². The summed E-state index contributed by atoms with van der Waals surface area (Å²) in [5, 5.41) is 18.9. The number of hydrogen-bond acceptors (Lipinski definition) is 6. The summed E-state index contributed by atoms with van der Waals surface area (Å²) >= 11 is 0. The van der Waals surface area contributed by atoms with Crippen LogP contribution in [0.3, 0.4) is 0 Å². The number of nitriles is 2. The van der Waals surface area contributed by atoms with E-state index in [-0.39, 0.29) is 5.56 Å². The first-order chi connectivity index (χ1) is 13.7. The molecule has 0 unspecified atom stereocenters. The van der Waals surface area contributed by atoms with Gasteiger partial charge in [0, 0.05) is 30.8 Å². The van der Waals surface area contributed by atoms with Gasteiger partial charge in [0.2, 0.25) is 0 Å². The molecule has 0 bridgehead atoms. The van der Waals surface area contributed by atoms with Gasteiger partial charge < -0.3 is 19.4 Å². The van der Waals surface area contributed by atoms with Crippen molar-refractivity contribution in [3.63, 3.8) is 0 Å². The van der Waals surface area contributed by atoms with Crippen molar-refractivity contribution in [2.45, 2.75) is 19.6 Å². The minimum atomic E-state index is 0.263. The third kappa shape index (κ3) is 6.04. The Morgan fingerprint density at radius 2 is 1.34 bits per heavy atom. The van der Waals surface area contributed by atoms with Gasteiger partial charge in [0.05, 0.1) is 5.56 Å². The van der Waals surface area contributed by atoms with Crippen LogP contribution in [0.25, 0.3) is 0 Å². The molecule has 0 heterocycles. The minimum Gasteiger partial charge on any atom is -0.455 e. The molecule has 152 valence electrons. The summed E-state index contributed by atoms with van der Waals surface area (Å²) in [6, 6.07) is 13.6. The lowest BCUT2D eigenvalue weighted by molar-refractivity contribution is 0.368. The van der Waals surface area contributed by atoms with E-state index in [4.69, 9.17) is 4.74 Å². The molecule has 0 N–H and O–H groups in total. The van der Waals surface area contributed by atoms with Gasteiger partial charge in [-0.2, -0.15) is 10.5 Å². The third-order valence-electron chi connectivity index (χ3n) is 4.25. The number of benzene rings is 2. The van der Waals surface area contributed by atoms with Gasteiger partial charge >= 0.3 is 0 Å². The Labute approximate surface area is 174 Å². The Balaban J connectivity index is 2.64. The van der Waals surface area contributed by atoms with E-state index in [1.807, 2.05) is 42.3 Å². The van der Waals surface area contributed by atoms with E-state index < -0.39 is 0 Å². The maximum absolute atomic E-state index is 9.58. The average Bonchev–Trinajstić information content (AvgIpc) is 2.62. The first-order valence-corrected chi connectivity index (χ1v) is 9.45. The fourth-order valence-corrected chi connectivity index (χ4v) is 3.27. The van der Waals surface area contributed by atoms with Crippen molar-refractivity contribution < 1.29 is 4.74 Å². The van der Waals surface area contributed by atoms with Crippen LogP contribution in [-0.4, -0.2) is 57.0 Å². The molecule has 0 aromatic heterocycles. The second-order valence-corrected chi connectivity index (χ2v) is 7.96. The molecular weight excluding hydrogens is 362 g/mol. The van der Waals surface area contributed by atoms with Crippen molar-refractivity contribution in [3.05, 3.63) is 58.1 Å². The Morgan fingerprint density at radius 1 is 0.793 bits per heavy atom. The van der Waals surface area contributed by atoms with E-state index in [1.165, 1.54) is 5.56 Å². The molecule has 6 nitrogen and oxygen atoms in total. The lowest BCUT2D eigenvalue weighted by atomic mass is 10.0. The topological polar surface area (TPSA) is 66.5 Å². The zero-order valence-electron chi connectivity index (χ0n) is 18.2. The Hall–Kier alpha value is -2.90. The fraction of sp³-hybridized carbons (Fsp3) is 0.391. The predicted molar refractivity (Wildman–Crippen MR) is 115 cm³/mol. The Morgan fingerprint density at radius 3 is 1.79 bits per heavy atom. The maximum Gasteiger partial charge on any atom is 0.146 e. The highest BCUT2D eigenvalue weighted by atomic mass is 16.5. The van der Waals surface area contributed by atoms with Gasteiger partial charge in [0.15, 0.2) is 0 Å².